The lowest BCUT2D eigenvalue weighted by Crippen LogP contribution is -2.26. The summed E-state index contributed by atoms with van der Waals surface area (Å²) < 4.78 is 5.63. The predicted molar refractivity (Wildman–Crippen MR) is 115 cm³/mol. The number of para-hydroxylation sites is 2. The molecule has 0 radical (unpaired) electrons. The van der Waals surface area contributed by atoms with Crippen molar-refractivity contribution in [3.63, 3.8) is 0 Å². The highest BCUT2D eigenvalue weighted by Gasteiger charge is 2.11. The van der Waals surface area contributed by atoms with Gasteiger partial charge in [-0.25, -0.2) is 9.97 Å². The lowest BCUT2D eigenvalue weighted by molar-refractivity contribution is 0.0948. The van der Waals surface area contributed by atoms with Crippen LogP contribution in [0.4, 0.5) is 11.5 Å². The summed E-state index contributed by atoms with van der Waals surface area (Å²) in [5.41, 5.74) is 2.40. The number of nitrogens with one attached hydrogen (secondary N) is 2. The fourth-order valence-electron chi connectivity index (χ4n) is 2.97. The predicted octanol–water partition coefficient (Wildman–Crippen LogP) is 4.29. The zero-order valence-corrected chi connectivity index (χ0v) is 16.8. The topological polar surface area (TPSA) is 76.1 Å². The molecule has 0 bridgehead atoms. The first kappa shape index (κ1) is 20.3. The number of rotatable bonds is 9. The number of carbonyl (C=O) groups excluding carboxylic acids is 1. The van der Waals surface area contributed by atoms with E-state index in [1.165, 1.54) is 5.56 Å². The molecule has 6 nitrogen and oxygen atoms in total. The van der Waals surface area contributed by atoms with Crippen molar-refractivity contribution >= 4 is 17.4 Å². The number of aromatic nitrogens is 2. The van der Waals surface area contributed by atoms with Crippen molar-refractivity contribution in [2.75, 3.05) is 18.5 Å². The summed E-state index contributed by atoms with van der Waals surface area (Å²) in [5, 5.41) is 6.16. The van der Waals surface area contributed by atoms with Crippen LogP contribution in [0.1, 0.15) is 35.2 Å². The van der Waals surface area contributed by atoms with Gasteiger partial charge in [-0.05, 0) is 44.4 Å². The first-order valence-electron chi connectivity index (χ1n) is 9.82. The maximum Gasteiger partial charge on any atom is 0.270 e. The van der Waals surface area contributed by atoms with Crippen molar-refractivity contribution in [2.45, 2.75) is 26.7 Å². The van der Waals surface area contributed by atoms with Crippen LogP contribution >= 0.6 is 0 Å². The summed E-state index contributed by atoms with van der Waals surface area (Å²) in [6, 6.07) is 19.5. The smallest absolute Gasteiger partial charge is 0.270 e. The number of anilines is 2. The van der Waals surface area contributed by atoms with Crippen LogP contribution in [0.5, 0.6) is 5.75 Å². The number of ether oxygens (including phenoxy) is 1. The molecule has 3 rings (SSSR count). The van der Waals surface area contributed by atoms with E-state index < -0.39 is 0 Å². The minimum absolute atomic E-state index is 0.204. The van der Waals surface area contributed by atoms with Gasteiger partial charge in [0.25, 0.3) is 5.91 Å². The van der Waals surface area contributed by atoms with Crippen LogP contribution in [0.25, 0.3) is 0 Å². The Bertz CT molecular complexity index is 945. The molecule has 3 aromatic rings. The van der Waals surface area contributed by atoms with E-state index in [4.69, 9.17) is 4.74 Å². The number of carbonyl (C=O) groups is 1. The molecule has 0 unspecified atom stereocenters. The van der Waals surface area contributed by atoms with Gasteiger partial charge in [-0.15, -0.1) is 0 Å². The summed E-state index contributed by atoms with van der Waals surface area (Å²) in [4.78, 5) is 21.2. The Morgan fingerprint density at radius 3 is 2.59 bits per heavy atom. The SMILES string of the molecule is CCOc1ccccc1Nc1cc(C(=O)NCCCc2ccccc2)nc(C)n1. The highest BCUT2D eigenvalue weighted by Crippen LogP contribution is 2.26. The number of benzene rings is 2. The third kappa shape index (κ3) is 6.04. The normalized spacial score (nSPS) is 10.4. The fourth-order valence-corrected chi connectivity index (χ4v) is 2.97. The second kappa shape index (κ2) is 10.2. The van der Waals surface area contributed by atoms with E-state index in [0.717, 1.165) is 24.3 Å². The van der Waals surface area contributed by atoms with Gasteiger partial charge in [0.2, 0.25) is 0 Å². The van der Waals surface area contributed by atoms with E-state index in [0.29, 0.717) is 30.5 Å². The van der Waals surface area contributed by atoms with Gasteiger partial charge in [0, 0.05) is 12.6 Å². The van der Waals surface area contributed by atoms with Gasteiger partial charge in [0.1, 0.15) is 23.1 Å². The quantitative estimate of drug-likeness (QED) is 0.533. The number of amides is 1. The molecule has 1 aromatic heterocycles. The Labute approximate surface area is 171 Å². The lowest BCUT2D eigenvalue weighted by atomic mass is 10.1. The molecule has 0 saturated heterocycles. The van der Waals surface area contributed by atoms with Crippen molar-refractivity contribution in [3.8, 4) is 5.75 Å². The van der Waals surface area contributed by atoms with Crippen LogP contribution in [0, 0.1) is 6.92 Å². The number of nitrogens with zero attached hydrogens (tertiary/aromatic N) is 2. The van der Waals surface area contributed by atoms with Gasteiger partial charge in [-0.1, -0.05) is 42.5 Å². The van der Waals surface area contributed by atoms with E-state index >= 15 is 0 Å². The maximum atomic E-state index is 12.5. The molecule has 2 aromatic carbocycles. The van der Waals surface area contributed by atoms with Crippen LogP contribution in [-0.4, -0.2) is 29.0 Å². The number of aryl methyl sites for hydroxylation is 2. The van der Waals surface area contributed by atoms with Crippen molar-refractivity contribution in [1.82, 2.24) is 15.3 Å². The van der Waals surface area contributed by atoms with Crippen LogP contribution < -0.4 is 15.4 Å². The van der Waals surface area contributed by atoms with Crippen molar-refractivity contribution in [2.24, 2.45) is 0 Å². The molecule has 2 N–H and O–H groups in total. The fraction of sp³-hybridized carbons (Fsp3) is 0.261. The van der Waals surface area contributed by atoms with Gasteiger partial charge in [0.05, 0.1) is 12.3 Å². The lowest BCUT2D eigenvalue weighted by Gasteiger charge is -2.13. The van der Waals surface area contributed by atoms with Crippen LogP contribution in [-0.2, 0) is 6.42 Å². The Morgan fingerprint density at radius 1 is 1.03 bits per heavy atom. The van der Waals surface area contributed by atoms with E-state index in [1.54, 1.807) is 13.0 Å². The molecule has 1 amide bonds. The Hall–Kier alpha value is -3.41. The van der Waals surface area contributed by atoms with Crippen molar-refractivity contribution < 1.29 is 9.53 Å². The Balaban J connectivity index is 1.61. The minimum Gasteiger partial charge on any atom is -0.492 e. The molecule has 0 saturated carbocycles. The van der Waals surface area contributed by atoms with Crippen molar-refractivity contribution in [3.05, 3.63) is 77.7 Å². The van der Waals surface area contributed by atoms with E-state index in [9.17, 15) is 4.79 Å². The summed E-state index contributed by atoms with van der Waals surface area (Å²) in [7, 11) is 0. The van der Waals surface area contributed by atoms with E-state index in [2.05, 4.69) is 32.7 Å². The summed E-state index contributed by atoms with van der Waals surface area (Å²) in [6.45, 7) is 4.86. The standard InChI is InChI=1S/C23H26N4O2/c1-3-29-21-14-8-7-13-19(21)27-22-16-20(25-17(2)26-22)23(28)24-15-9-12-18-10-5-4-6-11-18/h4-8,10-11,13-14,16H,3,9,12,15H2,1-2H3,(H,24,28)(H,25,26,27). The molecule has 29 heavy (non-hydrogen) atoms. The molecular weight excluding hydrogens is 364 g/mol. The van der Waals surface area contributed by atoms with Gasteiger partial charge >= 0.3 is 0 Å². The highest BCUT2D eigenvalue weighted by molar-refractivity contribution is 5.93. The highest BCUT2D eigenvalue weighted by atomic mass is 16.5. The molecule has 0 aliphatic heterocycles. The van der Waals surface area contributed by atoms with Crippen LogP contribution in [0.15, 0.2) is 60.7 Å². The molecule has 150 valence electrons. The molecule has 0 atom stereocenters. The zero-order chi connectivity index (χ0) is 20.5. The summed E-state index contributed by atoms with van der Waals surface area (Å²) in [5.74, 6) is 1.61. The third-order valence-corrected chi connectivity index (χ3v) is 4.29. The Morgan fingerprint density at radius 2 is 1.79 bits per heavy atom. The number of hydrogen-bond donors (Lipinski definition) is 2. The molecule has 0 fully saturated rings. The first-order valence-corrected chi connectivity index (χ1v) is 9.82. The average molecular weight is 390 g/mol. The zero-order valence-electron chi connectivity index (χ0n) is 16.8. The van der Waals surface area contributed by atoms with Gasteiger partial charge < -0.3 is 15.4 Å². The molecule has 1 heterocycles. The van der Waals surface area contributed by atoms with E-state index in [1.807, 2.05) is 49.4 Å². The van der Waals surface area contributed by atoms with Crippen molar-refractivity contribution in [1.29, 1.82) is 0 Å². The minimum atomic E-state index is -0.204. The second-order valence-electron chi connectivity index (χ2n) is 6.58. The molecule has 0 spiro atoms. The summed E-state index contributed by atoms with van der Waals surface area (Å²) in [6.07, 6.45) is 1.79. The monoisotopic (exact) mass is 390 g/mol. The first-order chi connectivity index (χ1) is 14.2. The van der Waals surface area contributed by atoms with E-state index in [-0.39, 0.29) is 5.91 Å². The summed E-state index contributed by atoms with van der Waals surface area (Å²) >= 11 is 0. The maximum absolute atomic E-state index is 12.5. The molecule has 6 heteroatoms. The largest absolute Gasteiger partial charge is 0.492 e. The number of hydrogen-bond acceptors (Lipinski definition) is 5. The average Bonchev–Trinajstić information content (AvgIpc) is 2.73. The Kier molecular flexibility index (Phi) is 7.16. The van der Waals surface area contributed by atoms with Gasteiger partial charge in [0.15, 0.2) is 0 Å². The molecular formula is C23H26N4O2. The molecule has 0 aliphatic carbocycles. The van der Waals surface area contributed by atoms with Crippen LogP contribution in [0.3, 0.4) is 0 Å². The third-order valence-electron chi connectivity index (χ3n) is 4.29. The second-order valence-corrected chi connectivity index (χ2v) is 6.58. The molecule has 0 aliphatic rings. The van der Waals surface area contributed by atoms with Gasteiger partial charge in [-0.3, -0.25) is 4.79 Å². The van der Waals surface area contributed by atoms with Crippen LogP contribution in [0.2, 0.25) is 0 Å². The van der Waals surface area contributed by atoms with Gasteiger partial charge in [-0.2, -0.15) is 0 Å².